The van der Waals surface area contributed by atoms with Crippen LogP contribution in [-0.4, -0.2) is 60.0 Å². The maximum absolute atomic E-state index is 12.9. The third kappa shape index (κ3) is 3.40. The van der Waals surface area contributed by atoms with Gasteiger partial charge in [0.2, 0.25) is 0 Å². The summed E-state index contributed by atoms with van der Waals surface area (Å²) in [6.45, 7) is 4.44. The van der Waals surface area contributed by atoms with Crippen molar-refractivity contribution in [3.8, 4) is 11.5 Å². The van der Waals surface area contributed by atoms with Crippen LogP contribution in [0.15, 0.2) is 18.2 Å². The van der Waals surface area contributed by atoms with E-state index >= 15 is 0 Å². The molecule has 1 spiro atoms. The van der Waals surface area contributed by atoms with Gasteiger partial charge in [-0.2, -0.15) is 0 Å². The molecule has 2 fully saturated rings. The predicted octanol–water partition coefficient (Wildman–Crippen LogP) is 2.38. The molecule has 1 N–H and O–H groups in total. The number of rotatable bonds is 2. The number of hydrogen-bond acceptors (Lipinski definition) is 5. The van der Waals surface area contributed by atoms with Gasteiger partial charge in [-0.1, -0.05) is 6.92 Å². The van der Waals surface area contributed by atoms with Gasteiger partial charge in [-0.25, -0.2) is 0 Å². The fourth-order valence-electron chi connectivity index (χ4n) is 4.31. The van der Waals surface area contributed by atoms with Crippen LogP contribution in [0.2, 0.25) is 0 Å². The van der Waals surface area contributed by atoms with Crippen LogP contribution >= 0.6 is 0 Å². The van der Waals surface area contributed by atoms with Crippen molar-refractivity contribution in [2.75, 3.05) is 26.3 Å². The molecular formula is C20H27NO5. The maximum Gasteiger partial charge on any atom is 0.253 e. The molecule has 0 aromatic heterocycles. The Morgan fingerprint density at radius 3 is 2.69 bits per heavy atom. The van der Waals surface area contributed by atoms with Crippen LogP contribution in [0, 0.1) is 0 Å². The monoisotopic (exact) mass is 361 g/mol. The molecule has 0 unspecified atom stereocenters. The first-order valence-corrected chi connectivity index (χ1v) is 9.63. The van der Waals surface area contributed by atoms with Crippen molar-refractivity contribution in [3.05, 3.63) is 23.8 Å². The number of aliphatic hydroxyl groups excluding tert-OH is 1. The molecule has 0 bridgehead atoms. The highest BCUT2D eigenvalue weighted by molar-refractivity contribution is 5.95. The minimum atomic E-state index is -0.297. The van der Waals surface area contributed by atoms with Crippen molar-refractivity contribution < 1.29 is 24.1 Å². The van der Waals surface area contributed by atoms with Gasteiger partial charge in [-0.05, 0) is 43.9 Å². The van der Waals surface area contributed by atoms with Gasteiger partial charge in [0.15, 0.2) is 11.5 Å². The average molecular weight is 361 g/mol. The first kappa shape index (κ1) is 17.6. The topological polar surface area (TPSA) is 68.2 Å². The Balaban J connectivity index is 1.42. The highest BCUT2D eigenvalue weighted by Gasteiger charge is 2.43. The maximum atomic E-state index is 12.9. The summed E-state index contributed by atoms with van der Waals surface area (Å²) in [4.78, 5) is 14.8. The lowest BCUT2D eigenvalue weighted by molar-refractivity contribution is -0.179. The van der Waals surface area contributed by atoms with E-state index in [2.05, 4.69) is 6.92 Å². The van der Waals surface area contributed by atoms with Crippen molar-refractivity contribution in [2.24, 2.45) is 0 Å². The van der Waals surface area contributed by atoms with Gasteiger partial charge in [-0.3, -0.25) is 4.79 Å². The molecule has 26 heavy (non-hydrogen) atoms. The molecule has 2 atom stereocenters. The van der Waals surface area contributed by atoms with E-state index in [1.54, 1.807) is 18.2 Å². The molecule has 3 aliphatic rings. The molecule has 4 rings (SSSR count). The fraction of sp³-hybridized carbons (Fsp3) is 0.650. The van der Waals surface area contributed by atoms with E-state index in [9.17, 15) is 9.90 Å². The lowest BCUT2D eigenvalue weighted by Gasteiger charge is -2.47. The summed E-state index contributed by atoms with van der Waals surface area (Å²) in [5, 5.41) is 10.2. The van der Waals surface area contributed by atoms with Crippen LogP contribution < -0.4 is 9.47 Å². The Morgan fingerprint density at radius 1 is 1.23 bits per heavy atom. The largest absolute Gasteiger partial charge is 0.486 e. The van der Waals surface area contributed by atoms with Crippen LogP contribution in [0.4, 0.5) is 0 Å². The molecule has 6 nitrogen and oxygen atoms in total. The number of fused-ring (bicyclic) bond motifs is 1. The molecule has 1 amide bonds. The first-order chi connectivity index (χ1) is 12.6. The van der Waals surface area contributed by atoms with E-state index in [1.807, 2.05) is 4.90 Å². The van der Waals surface area contributed by atoms with Gasteiger partial charge < -0.3 is 24.2 Å². The van der Waals surface area contributed by atoms with Crippen LogP contribution in [-0.2, 0) is 4.74 Å². The predicted molar refractivity (Wildman–Crippen MR) is 95.7 cm³/mol. The van der Waals surface area contributed by atoms with Crippen LogP contribution in [0.1, 0.15) is 49.4 Å². The summed E-state index contributed by atoms with van der Waals surface area (Å²) < 4.78 is 17.4. The summed E-state index contributed by atoms with van der Waals surface area (Å²) in [5.74, 6) is 1.35. The quantitative estimate of drug-likeness (QED) is 0.876. The molecule has 1 aromatic carbocycles. The first-order valence-electron chi connectivity index (χ1n) is 9.63. The van der Waals surface area contributed by atoms with Crippen molar-refractivity contribution in [1.82, 2.24) is 4.90 Å². The van der Waals surface area contributed by atoms with Gasteiger partial charge in [-0.15, -0.1) is 0 Å². The second kappa shape index (κ2) is 7.08. The summed E-state index contributed by atoms with van der Waals surface area (Å²) in [6, 6.07) is 5.38. The second-order valence-electron chi connectivity index (χ2n) is 7.58. The molecular weight excluding hydrogens is 334 g/mol. The zero-order valence-electron chi connectivity index (χ0n) is 15.3. The number of benzene rings is 1. The fourth-order valence-corrected chi connectivity index (χ4v) is 4.31. The average Bonchev–Trinajstić information content (AvgIpc) is 2.67. The number of aliphatic hydroxyl groups is 1. The normalized spacial score (nSPS) is 27.4. The number of nitrogens with zero attached hydrogens (tertiary/aromatic N) is 1. The smallest absolute Gasteiger partial charge is 0.253 e. The van der Waals surface area contributed by atoms with Crippen LogP contribution in [0.5, 0.6) is 11.5 Å². The minimum absolute atomic E-state index is 0.0141. The molecule has 2 saturated heterocycles. The van der Waals surface area contributed by atoms with Crippen LogP contribution in [0.25, 0.3) is 0 Å². The van der Waals surface area contributed by atoms with E-state index in [-0.39, 0.29) is 23.7 Å². The number of piperidine rings is 1. The second-order valence-corrected chi connectivity index (χ2v) is 7.58. The number of hydrogen-bond donors (Lipinski definition) is 1. The van der Waals surface area contributed by atoms with Gasteiger partial charge in [0.05, 0.1) is 17.8 Å². The number of carbonyl (C=O) groups excluding carboxylic acids is 1. The zero-order valence-corrected chi connectivity index (χ0v) is 15.3. The van der Waals surface area contributed by atoms with Gasteiger partial charge >= 0.3 is 0 Å². The number of carbonyl (C=O) groups is 1. The molecule has 142 valence electrons. The zero-order chi connectivity index (χ0) is 18.1. The number of ether oxygens (including phenoxy) is 3. The van der Waals surface area contributed by atoms with E-state index in [1.165, 1.54) is 0 Å². The van der Waals surface area contributed by atoms with Crippen molar-refractivity contribution in [2.45, 2.75) is 56.8 Å². The lowest BCUT2D eigenvalue weighted by Crippen LogP contribution is -2.53. The van der Waals surface area contributed by atoms with E-state index in [4.69, 9.17) is 14.2 Å². The summed E-state index contributed by atoms with van der Waals surface area (Å²) in [5.41, 5.74) is 0.350. The third-order valence-corrected chi connectivity index (χ3v) is 5.77. The van der Waals surface area contributed by atoms with Crippen LogP contribution in [0.3, 0.4) is 0 Å². The molecule has 1 aromatic rings. The van der Waals surface area contributed by atoms with Gasteiger partial charge in [0, 0.05) is 25.1 Å². The summed E-state index contributed by atoms with van der Waals surface area (Å²) in [7, 11) is 0. The SMILES string of the molecule is CC[C@H]1C[C@@H](O)CC2(CCN(C(=O)c3ccc4c(c3)OCCO4)CC2)O1. The Bertz CT molecular complexity index is 668. The molecule has 0 radical (unpaired) electrons. The van der Waals surface area contributed by atoms with Gasteiger partial charge in [0.25, 0.3) is 5.91 Å². The van der Waals surface area contributed by atoms with E-state index in [0.717, 1.165) is 25.7 Å². The van der Waals surface area contributed by atoms with Crippen molar-refractivity contribution in [3.63, 3.8) is 0 Å². The summed E-state index contributed by atoms with van der Waals surface area (Å²) in [6.07, 6.45) is 3.69. The Labute approximate surface area is 154 Å². The standard InChI is InChI=1S/C20H27NO5/c1-2-16-12-15(22)13-20(26-16)5-7-21(8-6-20)19(23)14-3-4-17-18(11-14)25-10-9-24-17/h3-4,11,15-16,22H,2,5-10,12-13H2,1H3/t15-,16+/m1/s1. The molecule has 3 heterocycles. The highest BCUT2D eigenvalue weighted by Crippen LogP contribution is 2.39. The minimum Gasteiger partial charge on any atom is -0.486 e. The number of amides is 1. The Kier molecular flexibility index (Phi) is 4.80. The van der Waals surface area contributed by atoms with Crippen molar-refractivity contribution in [1.29, 1.82) is 0 Å². The highest BCUT2D eigenvalue weighted by atomic mass is 16.6. The third-order valence-electron chi connectivity index (χ3n) is 5.77. The van der Waals surface area contributed by atoms with E-state index in [0.29, 0.717) is 49.8 Å². The molecule has 0 aliphatic carbocycles. The Morgan fingerprint density at radius 2 is 1.96 bits per heavy atom. The van der Waals surface area contributed by atoms with Crippen molar-refractivity contribution >= 4 is 5.91 Å². The van der Waals surface area contributed by atoms with E-state index < -0.39 is 0 Å². The lowest BCUT2D eigenvalue weighted by atomic mass is 9.81. The number of likely N-dealkylation sites (tertiary alicyclic amines) is 1. The molecule has 0 saturated carbocycles. The van der Waals surface area contributed by atoms with Gasteiger partial charge in [0.1, 0.15) is 13.2 Å². The Hall–Kier alpha value is -1.79. The molecule has 6 heteroatoms. The molecule has 3 aliphatic heterocycles. The summed E-state index contributed by atoms with van der Waals surface area (Å²) >= 11 is 0.